The van der Waals surface area contributed by atoms with Crippen LogP contribution in [-0.4, -0.2) is 41.6 Å². The van der Waals surface area contributed by atoms with Crippen LogP contribution in [0, 0.1) is 0 Å². The van der Waals surface area contributed by atoms with Gasteiger partial charge < -0.3 is 4.57 Å². The Morgan fingerprint density at radius 3 is 2.81 bits per heavy atom. The minimum Gasteiger partial charge on any atom is -0.302 e. The van der Waals surface area contributed by atoms with Crippen LogP contribution in [0.1, 0.15) is 30.7 Å². The van der Waals surface area contributed by atoms with Crippen LogP contribution in [0.2, 0.25) is 0 Å². The molecule has 0 bridgehead atoms. The Bertz CT molecular complexity index is 904. The summed E-state index contributed by atoms with van der Waals surface area (Å²) < 4.78 is 1.99. The Morgan fingerprint density at radius 2 is 2.08 bits per heavy atom. The lowest BCUT2D eigenvalue weighted by Gasteiger charge is -2.07. The third kappa shape index (κ3) is 3.75. The van der Waals surface area contributed by atoms with Crippen LogP contribution in [0.3, 0.4) is 0 Å². The summed E-state index contributed by atoms with van der Waals surface area (Å²) in [5.74, 6) is 1.44. The first-order chi connectivity index (χ1) is 12.7. The zero-order valence-corrected chi connectivity index (χ0v) is 15.8. The molecule has 0 spiro atoms. The van der Waals surface area contributed by atoms with Gasteiger partial charge in [-0.15, -0.1) is 20.4 Å². The van der Waals surface area contributed by atoms with Crippen molar-refractivity contribution >= 4 is 34.1 Å². The molecule has 1 amide bonds. The largest absolute Gasteiger partial charge is 0.302 e. The number of carbonyl (C=O) groups excluding carboxylic acids is 1. The molecule has 0 atom stereocenters. The van der Waals surface area contributed by atoms with Gasteiger partial charge in [0.1, 0.15) is 5.01 Å². The van der Waals surface area contributed by atoms with Crippen molar-refractivity contribution in [2.45, 2.75) is 37.4 Å². The van der Waals surface area contributed by atoms with Crippen molar-refractivity contribution in [2.75, 3.05) is 11.1 Å². The van der Waals surface area contributed by atoms with E-state index in [-0.39, 0.29) is 11.7 Å². The van der Waals surface area contributed by atoms with Crippen LogP contribution in [-0.2, 0) is 11.3 Å². The average Bonchev–Trinajstić information content (AvgIpc) is 3.27. The van der Waals surface area contributed by atoms with Gasteiger partial charge in [0.25, 0.3) is 0 Å². The third-order valence-corrected chi connectivity index (χ3v) is 5.89. The second-order valence-corrected chi connectivity index (χ2v) is 7.79. The van der Waals surface area contributed by atoms with E-state index in [4.69, 9.17) is 0 Å². The van der Waals surface area contributed by atoms with Gasteiger partial charge in [0.2, 0.25) is 11.0 Å². The fourth-order valence-corrected chi connectivity index (χ4v) is 4.19. The number of aromatic nitrogens is 6. The summed E-state index contributed by atoms with van der Waals surface area (Å²) in [4.78, 5) is 16.2. The van der Waals surface area contributed by atoms with E-state index in [0.29, 0.717) is 16.2 Å². The summed E-state index contributed by atoms with van der Waals surface area (Å²) in [6, 6.07) is 3.79. The molecule has 1 fully saturated rings. The molecule has 1 aliphatic rings. The van der Waals surface area contributed by atoms with Crippen LogP contribution < -0.4 is 5.32 Å². The molecule has 1 aliphatic carbocycles. The molecule has 1 N–H and O–H groups in total. The predicted molar refractivity (Wildman–Crippen MR) is 100 cm³/mol. The van der Waals surface area contributed by atoms with E-state index in [1.165, 1.54) is 35.9 Å². The number of amides is 1. The first-order valence-corrected chi connectivity index (χ1v) is 10.1. The molecule has 3 aromatic rings. The number of hydrogen-bond donors (Lipinski definition) is 1. The first-order valence-electron chi connectivity index (χ1n) is 8.34. The Kier molecular flexibility index (Phi) is 4.93. The number of carbonyl (C=O) groups is 1. The molecule has 0 aromatic carbocycles. The van der Waals surface area contributed by atoms with Crippen molar-refractivity contribution in [3.8, 4) is 11.4 Å². The normalized spacial score (nSPS) is 13.7. The number of rotatable bonds is 7. The summed E-state index contributed by atoms with van der Waals surface area (Å²) >= 11 is 2.82. The molecule has 3 heterocycles. The maximum atomic E-state index is 12.2. The monoisotopic (exact) mass is 387 g/mol. The zero-order chi connectivity index (χ0) is 17.9. The second kappa shape index (κ2) is 7.50. The van der Waals surface area contributed by atoms with Crippen molar-refractivity contribution in [3.63, 3.8) is 0 Å². The van der Waals surface area contributed by atoms with Gasteiger partial charge in [-0.25, -0.2) is 0 Å². The molecule has 0 unspecified atom stereocenters. The van der Waals surface area contributed by atoms with Crippen LogP contribution in [0.4, 0.5) is 5.13 Å². The highest BCUT2D eigenvalue weighted by Gasteiger charge is 2.27. The molecule has 8 nitrogen and oxygen atoms in total. The molecule has 0 radical (unpaired) electrons. The smallest absolute Gasteiger partial charge is 0.236 e. The summed E-state index contributed by atoms with van der Waals surface area (Å²) in [5, 5.41) is 21.8. The summed E-state index contributed by atoms with van der Waals surface area (Å²) in [7, 11) is 0. The van der Waals surface area contributed by atoms with Crippen molar-refractivity contribution < 1.29 is 4.79 Å². The Balaban J connectivity index is 1.39. The third-order valence-electron chi connectivity index (χ3n) is 3.92. The minimum absolute atomic E-state index is 0.121. The summed E-state index contributed by atoms with van der Waals surface area (Å²) in [6.45, 7) is 2.74. The van der Waals surface area contributed by atoms with Gasteiger partial charge in [-0.2, -0.15) is 0 Å². The maximum Gasteiger partial charge on any atom is 0.236 e. The SMILES string of the molecule is CCn1c(SCC(=O)Nc2nnc(C3CC3)s2)nnc1-c1ccncc1. The highest BCUT2D eigenvalue weighted by Crippen LogP contribution is 2.42. The second-order valence-electron chi connectivity index (χ2n) is 5.84. The van der Waals surface area contributed by atoms with Gasteiger partial charge in [0, 0.05) is 30.4 Å². The molecular formula is C16H17N7OS2. The minimum atomic E-state index is -0.121. The molecule has 1 saturated carbocycles. The lowest BCUT2D eigenvalue weighted by atomic mass is 10.2. The quantitative estimate of drug-likeness (QED) is 0.622. The van der Waals surface area contributed by atoms with E-state index >= 15 is 0 Å². The fraction of sp³-hybridized carbons (Fsp3) is 0.375. The van der Waals surface area contributed by atoms with Crippen molar-refractivity contribution in [2.24, 2.45) is 0 Å². The number of thioether (sulfide) groups is 1. The first kappa shape index (κ1) is 17.1. The number of pyridine rings is 1. The Hall–Kier alpha value is -2.33. The van der Waals surface area contributed by atoms with E-state index < -0.39 is 0 Å². The van der Waals surface area contributed by atoms with Gasteiger partial charge in [-0.3, -0.25) is 15.1 Å². The summed E-state index contributed by atoms with van der Waals surface area (Å²) in [5.41, 5.74) is 0.951. The zero-order valence-electron chi connectivity index (χ0n) is 14.1. The topological polar surface area (TPSA) is 98.5 Å². The molecule has 0 aliphatic heterocycles. The summed E-state index contributed by atoms with van der Waals surface area (Å²) in [6.07, 6.45) is 5.79. The molecule has 3 aromatic heterocycles. The number of anilines is 1. The molecular weight excluding hydrogens is 370 g/mol. The molecule has 4 rings (SSSR count). The van der Waals surface area contributed by atoms with E-state index in [2.05, 4.69) is 30.7 Å². The number of nitrogens with one attached hydrogen (secondary N) is 1. The average molecular weight is 387 g/mol. The van der Waals surface area contributed by atoms with Gasteiger partial charge in [-0.1, -0.05) is 23.1 Å². The Labute approximate surface area is 158 Å². The highest BCUT2D eigenvalue weighted by molar-refractivity contribution is 7.99. The molecule has 10 heteroatoms. The van der Waals surface area contributed by atoms with Crippen molar-refractivity contribution in [1.29, 1.82) is 0 Å². The predicted octanol–water partition coefficient (Wildman–Crippen LogP) is 2.82. The molecule has 0 saturated heterocycles. The van der Waals surface area contributed by atoms with E-state index in [0.717, 1.165) is 22.9 Å². The molecule has 26 heavy (non-hydrogen) atoms. The fourth-order valence-electron chi connectivity index (χ4n) is 2.46. The maximum absolute atomic E-state index is 12.2. The Morgan fingerprint density at radius 1 is 1.27 bits per heavy atom. The van der Waals surface area contributed by atoms with Gasteiger partial charge >= 0.3 is 0 Å². The molecule has 134 valence electrons. The lowest BCUT2D eigenvalue weighted by Crippen LogP contribution is -2.14. The standard InChI is InChI=1S/C16H17N7OS2/c1-2-23-13(10-5-7-17-8-6-10)19-22-16(23)25-9-12(24)18-15-21-20-14(26-15)11-3-4-11/h5-8,11H,2-4,9H2,1H3,(H,18,21,24). The van der Waals surface area contributed by atoms with Crippen LogP contribution in [0.25, 0.3) is 11.4 Å². The van der Waals surface area contributed by atoms with Crippen LogP contribution in [0.15, 0.2) is 29.7 Å². The lowest BCUT2D eigenvalue weighted by molar-refractivity contribution is -0.113. The van der Waals surface area contributed by atoms with E-state index in [1.54, 1.807) is 12.4 Å². The van der Waals surface area contributed by atoms with Gasteiger partial charge in [0.15, 0.2) is 11.0 Å². The van der Waals surface area contributed by atoms with E-state index in [1.807, 2.05) is 23.6 Å². The van der Waals surface area contributed by atoms with Crippen LogP contribution in [0.5, 0.6) is 0 Å². The number of nitrogens with zero attached hydrogens (tertiary/aromatic N) is 6. The number of hydrogen-bond acceptors (Lipinski definition) is 8. The van der Waals surface area contributed by atoms with Gasteiger partial charge in [-0.05, 0) is 31.9 Å². The van der Waals surface area contributed by atoms with E-state index in [9.17, 15) is 4.79 Å². The van der Waals surface area contributed by atoms with Gasteiger partial charge in [0.05, 0.1) is 5.75 Å². The van der Waals surface area contributed by atoms with Crippen molar-refractivity contribution in [1.82, 2.24) is 29.9 Å². The van der Waals surface area contributed by atoms with Crippen LogP contribution >= 0.6 is 23.1 Å². The van der Waals surface area contributed by atoms with Crippen molar-refractivity contribution in [3.05, 3.63) is 29.5 Å². The highest BCUT2D eigenvalue weighted by atomic mass is 32.2.